The summed E-state index contributed by atoms with van der Waals surface area (Å²) in [7, 11) is -4.13. The molecule has 154 valence electrons. The van der Waals surface area contributed by atoms with Crippen LogP contribution in [0.4, 0.5) is 13.2 Å². The Kier molecular flexibility index (Phi) is 6.13. The highest BCUT2D eigenvalue weighted by Gasteiger charge is 2.32. The summed E-state index contributed by atoms with van der Waals surface area (Å²) in [6, 6.07) is 6.84. The van der Waals surface area contributed by atoms with Crippen molar-refractivity contribution in [2.45, 2.75) is 24.0 Å². The summed E-state index contributed by atoms with van der Waals surface area (Å²) in [5, 5.41) is 0. The molecule has 1 atom stereocenters. The predicted molar refractivity (Wildman–Crippen MR) is 95.2 cm³/mol. The molecule has 0 bridgehead atoms. The molecule has 10 heteroatoms. The molecule has 28 heavy (non-hydrogen) atoms. The largest absolute Gasteiger partial charge is 0.465 e. The van der Waals surface area contributed by atoms with E-state index in [0.717, 1.165) is 18.2 Å². The second-order valence-electron chi connectivity index (χ2n) is 6.49. The van der Waals surface area contributed by atoms with Crippen molar-refractivity contribution in [1.82, 2.24) is 9.62 Å². The number of hydrogen-bond donors (Lipinski definition) is 1. The fraction of sp³-hybridized carbons (Fsp3) is 0.444. The summed E-state index contributed by atoms with van der Waals surface area (Å²) in [4.78, 5) is 1.59. The number of ether oxygens (including phenoxy) is 1. The van der Waals surface area contributed by atoms with Crippen molar-refractivity contribution < 1.29 is 30.7 Å². The number of hydrogen-bond acceptors (Lipinski definition) is 5. The van der Waals surface area contributed by atoms with E-state index < -0.39 is 32.7 Å². The summed E-state index contributed by atoms with van der Waals surface area (Å²) in [5.74, 6) is 1.28. The minimum absolute atomic E-state index is 0.0362. The number of furan rings is 1. The molecule has 6 nitrogen and oxygen atoms in total. The molecule has 0 spiro atoms. The Balaban J connectivity index is 1.80. The Morgan fingerprint density at radius 3 is 2.50 bits per heavy atom. The molecule has 2 aromatic rings. The second-order valence-corrected chi connectivity index (χ2v) is 8.26. The van der Waals surface area contributed by atoms with E-state index in [9.17, 15) is 21.6 Å². The van der Waals surface area contributed by atoms with Crippen LogP contribution in [0.15, 0.2) is 45.7 Å². The third-order valence-corrected chi connectivity index (χ3v) is 5.94. The lowest BCUT2D eigenvalue weighted by Gasteiger charge is -2.33. The van der Waals surface area contributed by atoms with E-state index in [1.165, 1.54) is 0 Å². The van der Waals surface area contributed by atoms with Gasteiger partial charge in [-0.3, -0.25) is 4.90 Å². The van der Waals surface area contributed by atoms with E-state index in [1.54, 1.807) is 19.1 Å². The van der Waals surface area contributed by atoms with Gasteiger partial charge in [0.05, 0.1) is 29.7 Å². The highest BCUT2D eigenvalue weighted by atomic mass is 32.2. The molecule has 1 aliphatic heterocycles. The lowest BCUT2D eigenvalue weighted by atomic mass is 10.2. The first-order chi connectivity index (χ1) is 13.2. The first-order valence-corrected chi connectivity index (χ1v) is 10.2. The second kappa shape index (κ2) is 8.24. The van der Waals surface area contributed by atoms with Crippen molar-refractivity contribution >= 4 is 10.0 Å². The maximum absolute atomic E-state index is 12.9. The van der Waals surface area contributed by atoms with Gasteiger partial charge in [-0.2, -0.15) is 13.2 Å². The van der Waals surface area contributed by atoms with Crippen LogP contribution in [-0.4, -0.2) is 46.2 Å². The van der Waals surface area contributed by atoms with Crippen LogP contribution >= 0.6 is 0 Å². The topological polar surface area (TPSA) is 71.8 Å². The van der Waals surface area contributed by atoms with Crippen LogP contribution in [0.1, 0.15) is 23.1 Å². The standard InChI is InChI=1S/C18H21F3N2O4S/c1-13-5-6-17(27-13)16(23-7-9-26-10-8-23)12-22-28(24,25)15-4-2-3-14(11-15)18(19,20)21/h2-6,11,16,22H,7-10,12H2,1H3. The smallest absolute Gasteiger partial charge is 0.416 e. The molecule has 0 saturated carbocycles. The van der Waals surface area contributed by atoms with Crippen molar-refractivity contribution in [2.24, 2.45) is 0 Å². The van der Waals surface area contributed by atoms with Crippen LogP contribution in [0.5, 0.6) is 0 Å². The molecule has 0 amide bonds. The number of nitrogens with zero attached hydrogens (tertiary/aromatic N) is 1. The van der Waals surface area contributed by atoms with Gasteiger partial charge < -0.3 is 9.15 Å². The molecular weight excluding hydrogens is 397 g/mol. The zero-order valence-electron chi connectivity index (χ0n) is 15.2. The van der Waals surface area contributed by atoms with E-state index in [0.29, 0.717) is 43.9 Å². The van der Waals surface area contributed by atoms with Crippen LogP contribution in [-0.2, 0) is 20.9 Å². The van der Waals surface area contributed by atoms with E-state index in [-0.39, 0.29) is 6.54 Å². The van der Waals surface area contributed by atoms with Gasteiger partial charge in [0, 0.05) is 19.6 Å². The average Bonchev–Trinajstić information content (AvgIpc) is 3.08. The number of halogens is 3. The summed E-state index contributed by atoms with van der Waals surface area (Å²) < 4.78 is 77.3. The normalized spacial score (nSPS) is 17.6. The van der Waals surface area contributed by atoms with Crippen LogP contribution < -0.4 is 4.72 Å². The summed E-state index contributed by atoms with van der Waals surface area (Å²) in [6.07, 6.45) is -4.62. The third kappa shape index (κ3) is 4.93. The quantitative estimate of drug-likeness (QED) is 0.781. The molecular formula is C18H21F3N2O4S. The number of alkyl halides is 3. The molecule has 1 aliphatic rings. The zero-order chi connectivity index (χ0) is 20.4. The monoisotopic (exact) mass is 418 g/mol. The van der Waals surface area contributed by atoms with Crippen molar-refractivity contribution in [3.05, 3.63) is 53.5 Å². The van der Waals surface area contributed by atoms with Crippen LogP contribution in [0.25, 0.3) is 0 Å². The van der Waals surface area contributed by atoms with Gasteiger partial charge in [0.1, 0.15) is 11.5 Å². The van der Waals surface area contributed by atoms with Gasteiger partial charge >= 0.3 is 6.18 Å². The highest BCUT2D eigenvalue weighted by Crippen LogP contribution is 2.30. The Morgan fingerprint density at radius 2 is 1.89 bits per heavy atom. The van der Waals surface area contributed by atoms with Gasteiger partial charge in [0.15, 0.2) is 0 Å². The lowest BCUT2D eigenvalue weighted by molar-refractivity contribution is -0.137. The first kappa shape index (κ1) is 20.8. The number of sulfonamides is 1. The molecule has 1 unspecified atom stereocenters. The minimum atomic E-state index is -4.62. The average molecular weight is 418 g/mol. The molecule has 1 N–H and O–H groups in total. The number of morpholine rings is 1. The van der Waals surface area contributed by atoms with Crippen molar-refractivity contribution in [3.63, 3.8) is 0 Å². The first-order valence-electron chi connectivity index (χ1n) is 8.72. The van der Waals surface area contributed by atoms with Gasteiger partial charge in [-0.05, 0) is 37.3 Å². The molecule has 1 fully saturated rings. The van der Waals surface area contributed by atoms with E-state index in [4.69, 9.17) is 9.15 Å². The molecule has 2 heterocycles. The maximum atomic E-state index is 12.9. The number of rotatable bonds is 6. The Hall–Kier alpha value is -1.88. The van der Waals surface area contributed by atoms with E-state index >= 15 is 0 Å². The van der Waals surface area contributed by atoms with Crippen LogP contribution in [0.2, 0.25) is 0 Å². The molecule has 1 aromatic carbocycles. The van der Waals surface area contributed by atoms with E-state index in [1.807, 2.05) is 4.90 Å². The van der Waals surface area contributed by atoms with Gasteiger partial charge in [-0.25, -0.2) is 13.1 Å². The fourth-order valence-corrected chi connectivity index (χ4v) is 4.13. The van der Waals surface area contributed by atoms with Gasteiger partial charge in [0.2, 0.25) is 10.0 Å². The van der Waals surface area contributed by atoms with E-state index in [2.05, 4.69) is 4.72 Å². The Bertz CT molecular complexity index is 906. The SMILES string of the molecule is Cc1ccc(C(CNS(=O)(=O)c2cccc(C(F)(F)F)c2)N2CCOCC2)o1. The third-order valence-electron chi connectivity index (χ3n) is 4.51. The van der Waals surface area contributed by atoms with Crippen LogP contribution in [0, 0.1) is 6.92 Å². The van der Waals surface area contributed by atoms with Gasteiger partial charge in [0.25, 0.3) is 0 Å². The number of benzene rings is 1. The maximum Gasteiger partial charge on any atom is 0.416 e. The van der Waals surface area contributed by atoms with Crippen molar-refractivity contribution in [1.29, 1.82) is 0 Å². The number of nitrogens with one attached hydrogen (secondary N) is 1. The fourth-order valence-electron chi connectivity index (χ4n) is 3.04. The molecule has 1 aromatic heterocycles. The summed E-state index contributed by atoms with van der Waals surface area (Å²) in [5.41, 5.74) is -1.01. The minimum Gasteiger partial charge on any atom is -0.465 e. The Labute approximate surface area is 161 Å². The Morgan fingerprint density at radius 1 is 1.18 bits per heavy atom. The summed E-state index contributed by atoms with van der Waals surface area (Å²) in [6.45, 7) is 3.96. The van der Waals surface area contributed by atoms with Crippen molar-refractivity contribution in [3.8, 4) is 0 Å². The molecule has 3 rings (SSSR count). The zero-order valence-corrected chi connectivity index (χ0v) is 16.0. The van der Waals surface area contributed by atoms with Gasteiger partial charge in [-0.15, -0.1) is 0 Å². The molecule has 0 aliphatic carbocycles. The van der Waals surface area contributed by atoms with Crippen LogP contribution in [0.3, 0.4) is 0 Å². The van der Waals surface area contributed by atoms with Crippen molar-refractivity contribution in [2.75, 3.05) is 32.8 Å². The predicted octanol–water partition coefficient (Wildman–Crippen LogP) is 2.96. The highest BCUT2D eigenvalue weighted by molar-refractivity contribution is 7.89. The molecule has 0 radical (unpaired) electrons. The van der Waals surface area contributed by atoms with Gasteiger partial charge in [-0.1, -0.05) is 6.07 Å². The molecule has 1 saturated heterocycles. The summed E-state index contributed by atoms with van der Waals surface area (Å²) >= 11 is 0. The lowest BCUT2D eigenvalue weighted by Crippen LogP contribution is -2.43. The number of aryl methyl sites for hydroxylation is 1.